The first-order chi connectivity index (χ1) is 15.7. The van der Waals surface area contributed by atoms with Crippen molar-refractivity contribution in [3.8, 4) is 0 Å². The minimum Gasteiger partial charge on any atom is -0.478 e. The van der Waals surface area contributed by atoms with Crippen LogP contribution in [0.4, 0.5) is 5.13 Å². The van der Waals surface area contributed by atoms with Crippen molar-refractivity contribution in [2.45, 2.75) is 36.3 Å². The Bertz CT molecular complexity index is 1100. The highest BCUT2D eigenvalue weighted by Crippen LogP contribution is 2.40. The highest BCUT2D eigenvalue weighted by molar-refractivity contribution is 8.00. The van der Waals surface area contributed by atoms with E-state index >= 15 is 0 Å². The van der Waals surface area contributed by atoms with Gasteiger partial charge < -0.3 is 31.8 Å². The van der Waals surface area contributed by atoms with Gasteiger partial charge >= 0.3 is 11.9 Å². The number of β-lactam (4-membered cyclic amide) rings is 1. The molecule has 13 nitrogen and oxygen atoms in total. The molecule has 2 atom stereocenters. The van der Waals surface area contributed by atoms with Gasteiger partial charge in [0.1, 0.15) is 22.8 Å². The maximum absolute atomic E-state index is 13.0. The molecule has 0 spiro atoms. The Morgan fingerprint density at radius 3 is 2.61 bits per heavy atom. The van der Waals surface area contributed by atoms with Crippen molar-refractivity contribution in [3.63, 3.8) is 0 Å². The van der Waals surface area contributed by atoms with Crippen molar-refractivity contribution in [1.29, 1.82) is 0 Å². The van der Waals surface area contributed by atoms with E-state index in [4.69, 9.17) is 16.3 Å². The third-order valence-electron chi connectivity index (χ3n) is 5.63. The third-order valence-corrected chi connectivity index (χ3v) is 7.64. The Morgan fingerprint density at radius 2 is 2.09 bits per heavy atom. The van der Waals surface area contributed by atoms with Gasteiger partial charge in [-0.05, 0) is 12.0 Å². The van der Waals surface area contributed by atoms with Gasteiger partial charge in [-0.15, -0.1) is 23.1 Å². The molecule has 2 amide bonds. The summed E-state index contributed by atoms with van der Waals surface area (Å²) < 4.78 is 0. The van der Waals surface area contributed by atoms with E-state index in [0.717, 1.165) is 16.2 Å². The molecule has 1 aromatic rings. The Hall–Kier alpha value is -3.17. The van der Waals surface area contributed by atoms with E-state index in [2.05, 4.69) is 15.5 Å². The first kappa shape index (κ1) is 23.0. The second-order valence-electron chi connectivity index (χ2n) is 7.58. The van der Waals surface area contributed by atoms with Crippen molar-refractivity contribution in [1.82, 2.24) is 15.2 Å². The normalized spacial score (nSPS) is 23.8. The van der Waals surface area contributed by atoms with E-state index in [9.17, 15) is 29.4 Å². The van der Waals surface area contributed by atoms with Crippen molar-refractivity contribution in [2.75, 3.05) is 18.0 Å². The maximum Gasteiger partial charge on any atom is 0.352 e. The largest absolute Gasteiger partial charge is 0.478 e. The zero-order chi connectivity index (χ0) is 23.9. The number of nitrogens with one attached hydrogen (secondary N) is 1. The number of hydrogen-bond acceptors (Lipinski definition) is 11. The van der Waals surface area contributed by atoms with Crippen LogP contribution < -0.4 is 16.8 Å². The number of anilines is 1. The number of carbonyl (C=O) groups is 4. The number of nitrogens with two attached hydrogens (primary N) is 2. The lowest BCUT2D eigenvalue weighted by Crippen LogP contribution is -2.71. The molecule has 0 radical (unpaired) electrons. The van der Waals surface area contributed by atoms with Crippen molar-refractivity contribution in [2.24, 2.45) is 10.9 Å². The quantitative estimate of drug-likeness (QED) is 0.170. The van der Waals surface area contributed by atoms with Crippen molar-refractivity contribution >= 4 is 57.7 Å². The van der Waals surface area contributed by atoms with E-state index in [-0.39, 0.29) is 41.6 Å². The number of carboxylic acids is 2. The number of hydrogen-bond donors (Lipinski definition) is 5. The molecule has 33 heavy (non-hydrogen) atoms. The minimum absolute atomic E-state index is 0.00706. The second kappa shape index (κ2) is 8.64. The lowest BCUT2D eigenvalue weighted by Gasteiger charge is -2.49. The fraction of sp³-hybridized carbons (Fsp3) is 0.444. The topological polar surface area (TPSA) is 211 Å². The molecule has 1 saturated heterocycles. The number of thiazole rings is 1. The Morgan fingerprint density at radius 1 is 1.36 bits per heavy atom. The van der Waals surface area contributed by atoms with E-state index in [1.165, 1.54) is 17.1 Å². The van der Waals surface area contributed by atoms with Crippen molar-refractivity contribution in [3.05, 3.63) is 22.3 Å². The van der Waals surface area contributed by atoms with Gasteiger partial charge in [0.15, 0.2) is 10.8 Å². The third kappa shape index (κ3) is 3.91. The first-order valence-electron chi connectivity index (χ1n) is 9.80. The summed E-state index contributed by atoms with van der Waals surface area (Å²) in [7, 11) is 0. The predicted molar refractivity (Wildman–Crippen MR) is 117 cm³/mol. The molecular formula is C18H20N6O7S2. The van der Waals surface area contributed by atoms with Crippen LogP contribution in [0.2, 0.25) is 0 Å². The van der Waals surface area contributed by atoms with Crippen LogP contribution >= 0.6 is 23.1 Å². The molecule has 1 saturated carbocycles. The Labute approximate surface area is 194 Å². The fourth-order valence-electron chi connectivity index (χ4n) is 3.63. The summed E-state index contributed by atoms with van der Waals surface area (Å²) in [6.07, 6.45) is 1.12. The number of nitrogens with zero attached hydrogens (tertiary/aromatic N) is 3. The number of thioether (sulfide) groups is 1. The van der Waals surface area contributed by atoms with Gasteiger partial charge in [0, 0.05) is 30.5 Å². The monoisotopic (exact) mass is 496 g/mol. The average molecular weight is 497 g/mol. The van der Waals surface area contributed by atoms with E-state index in [0.29, 0.717) is 17.7 Å². The van der Waals surface area contributed by atoms with Crippen LogP contribution in [0.25, 0.3) is 0 Å². The molecule has 4 rings (SSSR count). The molecule has 2 aliphatic heterocycles. The van der Waals surface area contributed by atoms with Gasteiger partial charge in [-0.1, -0.05) is 5.16 Å². The van der Waals surface area contributed by atoms with Gasteiger partial charge in [-0.25, -0.2) is 14.6 Å². The van der Waals surface area contributed by atoms with Gasteiger partial charge in [0.05, 0.1) is 0 Å². The molecule has 15 heteroatoms. The molecule has 176 valence electrons. The molecule has 7 N–H and O–H groups in total. The summed E-state index contributed by atoms with van der Waals surface area (Å²) in [5.41, 5.74) is 9.72. The van der Waals surface area contributed by atoms with Gasteiger partial charge in [-0.3, -0.25) is 14.5 Å². The van der Waals surface area contributed by atoms with Crippen LogP contribution in [-0.2, 0) is 24.0 Å². The highest BCUT2D eigenvalue weighted by Gasteiger charge is 2.54. The molecule has 0 aromatic carbocycles. The van der Waals surface area contributed by atoms with Crippen LogP contribution in [0, 0.1) is 0 Å². The number of aromatic nitrogens is 1. The summed E-state index contributed by atoms with van der Waals surface area (Å²) >= 11 is 2.32. The van der Waals surface area contributed by atoms with Crippen LogP contribution in [0.15, 0.2) is 21.8 Å². The number of fused-ring (bicyclic) bond motifs is 1. The smallest absolute Gasteiger partial charge is 0.352 e. The van der Waals surface area contributed by atoms with Crippen LogP contribution in [0.5, 0.6) is 0 Å². The van der Waals surface area contributed by atoms with Gasteiger partial charge in [0.25, 0.3) is 11.8 Å². The summed E-state index contributed by atoms with van der Waals surface area (Å²) in [6, 6.07) is -1.02. The first-order valence-corrected chi connectivity index (χ1v) is 11.7. The molecule has 3 heterocycles. The van der Waals surface area contributed by atoms with E-state index in [1.54, 1.807) is 0 Å². The average Bonchev–Trinajstić information content (AvgIpc) is 3.17. The highest BCUT2D eigenvalue weighted by atomic mass is 32.2. The summed E-state index contributed by atoms with van der Waals surface area (Å²) in [5.74, 6) is -3.60. The zero-order valence-electron chi connectivity index (χ0n) is 17.0. The lowest BCUT2D eigenvalue weighted by atomic mass is 9.80. The Kier molecular flexibility index (Phi) is 6.02. The molecule has 1 unspecified atom stereocenters. The zero-order valence-corrected chi connectivity index (χ0v) is 18.6. The number of oxime groups is 1. The molecular weight excluding hydrogens is 476 g/mol. The number of carbonyl (C=O) groups excluding carboxylic acids is 2. The van der Waals surface area contributed by atoms with Crippen molar-refractivity contribution < 1.29 is 34.2 Å². The van der Waals surface area contributed by atoms with Crippen LogP contribution in [0.1, 0.15) is 25.0 Å². The number of aliphatic carboxylic acids is 2. The lowest BCUT2D eigenvalue weighted by molar-refractivity contribution is -0.178. The van der Waals surface area contributed by atoms with Gasteiger partial charge in [0.2, 0.25) is 5.60 Å². The summed E-state index contributed by atoms with van der Waals surface area (Å²) in [4.78, 5) is 59.3. The minimum atomic E-state index is -1.52. The van der Waals surface area contributed by atoms with E-state index < -0.39 is 40.8 Å². The fourth-order valence-corrected chi connectivity index (χ4v) is 5.54. The number of carboxylic acid groups (broad SMARTS) is 2. The summed E-state index contributed by atoms with van der Waals surface area (Å²) in [6.45, 7) is -0.00706. The summed E-state index contributed by atoms with van der Waals surface area (Å²) in [5, 5.41) is 26.2. The molecule has 3 aliphatic rings. The molecule has 0 bridgehead atoms. The number of amides is 2. The predicted octanol–water partition coefficient (Wildman–Crippen LogP) is -0.849. The SMILES string of the molecule is NCC1=C(C(=O)O)N2C(=O)C(NC(=O)/C(=N\OC3(C(=O)O)CCC3)c3csc(N)n3)[C@H]2SC1. The van der Waals surface area contributed by atoms with Crippen LogP contribution in [-0.4, -0.2) is 78.9 Å². The van der Waals surface area contributed by atoms with Crippen LogP contribution in [0.3, 0.4) is 0 Å². The van der Waals surface area contributed by atoms with Gasteiger partial charge in [-0.2, -0.15) is 0 Å². The van der Waals surface area contributed by atoms with E-state index in [1.807, 2.05) is 0 Å². The number of rotatable bonds is 8. The Balaban J connectivity index is 1.55. The maximum atomic E-state index is 13.0. The second-order valence-corrected chi connectivity index (χ2v) is 9.57. The molecule has 1 aliphatic carbocycles. The molecule has 2 fully saturated rings. The molecule has 1 aromatic heterocycles. The number of nitrogen functional groups attached to an aromatic ring is 1. The standard InChI is InChI=1S/C18H20N6O7S2/c19-4-7-5-32-14-10(13(26)24(14)11(7)15(27)28)22-12(25)9(8-6-33-17(20)21-8)23-31-18(16(29)30)2-1-3-18/h6,10,14H,1-5,19H2,(H2,20,21)(H,22,25)(H,27,28)(H,29,30)/b23-9-/t10?,14-/m1/s1.